The number of benzene rings is 3. The van der Waals surface area contributed by atoms with Gasteiger partial charge in [-0.3, -0.25) is 14.4 Å². The van der Waals surface area contributed by atoms with Crippen LogP contribution in [0.15, 0.2) is 78.9 Å². The van der Waals surface area contributed by atoms with Gasteiger partial charge in [-0.05, 0) is 48.9 Å². The first-order valence-corrected chi connectivity index (χ1v) is 11.3. The van der Waals surface area contributed by atoms with Crippen LogP contribution in [0.4, 0.5) is 0 Å². The normalized spacial score (nSPS) is 15.1. The Hall–Kier alpha value is -4.26. The largest absolute Gasteiger partial charge is 0.457 e. The Morgan fingerprint density at radius 1 is 0.886 bits per heavy atom. The second-order valence-electron chi connectivity index (χ2n) is 8.47. The quantitative estimate of drug-likeness (QED) is 0.280. The van der Waals surface area contributed by atoms with Gasteiger partial charge in [0.1, 0.15) is 5.75 Å². The maximum absolute atomic E-state index is 12.5. The van der Waals surface area contributed by atoms with Crippen molar-refractivity contribution in [2.45, 2.75) is 19.9 Å². The molecule has 0 aromatic heterocycles. The molecule has 1 amide bonds. The summed E-state index contributed by atoms with van der Waals surface area (Å²) in [5.41, 5.74) is 2.77. The highest BCUT2D eigenvalue weighted by molar-refractivity contribution is 5.98. The smallest absolute Gasteiger partial charge is 0.343 e. The lowest BCUT2D eigenvalue weighted by molar-refractivity contribution is -0.147. The molecule has 0 aliphatic carbocycles. The van der Waals surface area contributed by atoms with Crippen molar-refractivity contribution in [3.63, 3.8) is 0 Å². The molecule has 1 unspecified atom stereocenters. The average Bonchev–Trinajstić information content (AvgIpc) is 3.23. The predicted molar refractivity (Wildman–Crippen MR) is 128 cm³/mol. The molecule has 7 nitrogen and oxygen atoms in total. The molecule has 0 saturated carbocycles. The van der Waals surface area contributed by atoms with Crippen LogP contribution in [-0.4, -0.2) is 41.7 Å². The van der Waals surface area contributed by atoms with Crippen LogP contribution in [0, 0.1) is 12.8 Å². The van der Waals surface area contributed by atoms with Gasteiger partial charge in [-0.25, -0.2) is 4.79 Å². The van der Waals surface area contributed by atoms with Crippen LogP contribution < -0.4 is 4.74 Å². The van der Waals surface area contributed by atoms with Crippen LogP contribution >= 0.6 is 0 Å². The van der Waals surface area contributed by atoms with Gasteiger partial charge in [0.2, 0.25) is 5.91 Å². The van der Waals surface area contributed by atoms with Crippen molar-refractivity contribution in [1.82, 2.24) is 4.90 Å². The molecule has 35 heavy (non-hydrogen) atoms. The average molecular weight is 472 g/mol. The summed E-state index contributed by atoms with van der Waals surface area (Å²) in [5.74, 6) is -1.86. The maximum Gasteiger partial charge on any atom is 0.343 e. The van der Waals surface area contributed by atoms with E-state index in [0.29, 0.717) is 23.4 Å². The Bertz CT molecular complexity index is 1220. The molecule has 7 heteroatoms. The lowest BCUT2D eigenvalue weighted by Gasteiger charge is -2.16. The number of aryl methyl sites for hydroxylation is 1. The van der Waals surface area contributed by atoms with Crippen LogP contribution in [0.1, 0.15) is 38.3 Å². The molecule has 0 N–H and O–H groups in total. The number of rotatable bonds is 8. The first kappa shape index (κ1) is 23.9. The monoisotopic (exact) mass is 471 g/mol. The van der Waals surface area contributed by atoms with E-state index < -0.39 is 24.5 Å². The van der Waals surface area contributed by atoms with Crippen molar-refractivity contribution in [2.75, 3.05) is 13.2 Å². The highest BCUT2D eigenvalue weighted by Gasteiger charge is 2.35. The minimum atomic E-state index is -0.595. The molecule has 1 aliphatic heterocycles. The molecular weight excluding hydrogens is 446 g/mol. The van der Waals surface area contributed by atoms with Gasteiger partial charge >= 0.3 is 11.9 Å². The molecular formula is C28H25NO6. The summed E-state index contributed by atoms with van der Waals surface area (Å²) >= 11 is 0. The van der Waals surface area contributed by atoms with Gasteiger partial charge in [0.15, 0.2) is 12.4 Å². The lowest BCUT2D eigenvalue weighted by atomic mass is 10.1. The fourth-order valence-electron chi connectivity index (χ4n) is 3.79. The van der Waals surface area contributed by atoms with Gasteiger partial charge in [0.05, 0.1) is 11.5 Å². The van der Waals surface area contributed by atoms with Crippen molar-refractivity contribution >= 4 is 23.6 Å². The number of likely N-dealkylation sites (tertiary alicyclic amines) is 1. The van der Waals surface area contributed by atoms with E-state index in [0.717, 1.165) is 11.1 Å². The Morgan fingerprint density at radius 2 is 1.54 bits per heavy atom. The molecule has 3 aromatic carbocycles. The van der Waals surface area contributed by atoms with Crippen LogP contribution in [0.25, 0.3) is 0 Å². The minimum Gasteiger partial charge on any atom is -0.457 e. The lowest BCUT2D eigenvalue weighted by Crippen LogP contribution is -2.27. The van der Waals surface area contributed by atoms with Crippen LogP contribution in [0.5, 0.6) is 5.75 Å². The Morgan fingerprint density at radius 3 is 2.23 bits per heavy atom. The van der Waals surface area contributed by atoms with E-state index in [-0.39, 0.29) is 24.7 Å². The second-order valence-corrected chi connectivity index (χ2v) is 8.47. The number of amides is 1. The topological polar surface area (TPSA) is 90.0 Å². The Balaban J connectivity index is 1.26. The molecule has 1 heterocycles. The van der Waals surface area contributed by atoms with Crippen molar-refractivity contribution in [3.8, 4) is 5.75 Å². The fourth-order valence-corrected chi connectivity index (χ4v) is 3.79. The third kappa shape index (κ3) is 6.20. The number of nitrogens with zero attached hydrogens (tertiary/aromatic N) is 1. The molecule has 0 radical (unpaired) electrons. The zero-order chi connectivity index (χ0) is 24.8. The number of Topliss-reactive ketones (excluding diaryl/α,β-unsaturated/α-hetero) is 1. The van der Waals surface area contributed by atoms with Crippen LogP contribution in [0.2, 0.25) is 0 Å². The summed E-state index contributed by atoms with van der Waals surface area (Å²) in [6, 6.07) is 22.6. The summed E-state index contributed by atoms with van der Waals surface area (Å²) in [6.45, 7) is 2.20. The molecule has 0 spiro atoms. The highest BCUT2D eigenvalue weighted by atomic mass is 16.5. The Labute approximate surface area is 203 Å². The maximum atomic E-state index is 12.5. The van der Waals surface area contributed by atoms with E-state index in [1.807, 2.05) is 49.4 Å². The van der Waals surface area contributed by atoms with Gasteiger partial charge in [-0.2, -0.15) is 0 Å². The summed E-state index contributed by atoms with van der Waals surface area (Å²) in [5, 5.41) is 0. The third-order valence-electron chi connectivity index (χ3n) is 5.78. The summed E-state index contributed by atoms with van der Waals surface area (Å²) < 4.78 is 10.5. The molecule has 1 atom stereocenters. The van der Waals surface area contributed by atoms with Crippen molar-refractivity contribution in [1.29, 1.82) is 0 Å². The van der Waals surface area contributed by atoms with Gasteiger partial charge in [-0.1, -0.05) is 48.0 Å². The minimum absolute atomic E-state index is 0.0703. The number of hydrogen-bond donors (Lipinski definition) is 0. The zero-order valence-corrected chi connectivity index (χ0v) is 19.3. The van der Waals surface area contributed by atoms with Crippen molar-refractivity contribution in [2.24, 2.45) is 5.92 Å². The molecule has 1 aliphatic rings. The molecule has 178 valence electrons. The Kier molecular flexibility index (Phi) is 7.35. The van der Waals surface area contributed by atoms with E-state index in [1.54, 1.807) is 17.0 Å². The molecule has 1 saturated heterocycles. The first-order valence-electron chi connectivity index (χ1n) is 11.3. The van der Waals surface area contributed by atoms with Gasteiger partial charge in [0, 0.05) is 25.1 Å². The number of ketones is 1. The fraction of sp³-hybridized carbons (Fsp3) is 0.214. The molecule has 1 fully saturated rings. The SMILES string of the molecule is Cc1ccc(C(=O)Oc2ccc(C(=O)COC(=O)C3CC(=O)N(Cc4ccccc4)C3)cc2)cc1. The van der Waals surface area contributed by atoms with E-state index in [1.165, 1.54) is 24.3 Å². The molecule has 4 rings (SSSR count). The molecule has 0 bridgehead atoms. The van der Waals surface area contributed by atoms with E-state index in [2.05, 4.69) is 0 Å². The molecule has 3 aromatic rings. The van der Waals surface area contributed by atoms with Gasteiger partial charge < -0.3 is 14.4 Å². The summed E-state index contributed by atoms with van der Waals surface area (Å²) in [7, 11) is 0. The predicted octanol–water partition coefficient (Wildman–Crippen LogP) is 3.99. The van der Waals surface area contributed by atoms with Gasteiger partial charge in [-0.15, -0.1) is 0 Å². The number of carbonyl (C=O) groups excluding carboxylic acids is 4. The summed E-state index contributed by atoms with van der Waals surface area (Å²) in [4.78, 5) is 51.0. The van der Waals surface area contributed by atoms with Crippen LogP contribution in [0.3, 0.4) is 0 Å². The standard InChI is InChI=1S/C28H25NO6/c1-19-7-9-22(10-8-19)28(33)35-24-13-11-21(12-14-24)25(30)18-34-27(32)23-15-26(31)29(17-23)16-20-5-3-2-4-6-20/h2-14,23H,15-18H2,1H3. The van der Waals surface area contributed by atoms with Crippen molar-refractivity contribution < 1.29 is 28.7 Å². The van der Waals surface area contributed by atoms with Gasteiger partial charge in [0.25, 0.3) is 0 Å². The zero-order valence-electron chi connectivity index (χ0n) is 19.3. The number of carbonyl (C=O) groups is 4. The number of ether oxygens (including phenoxy) is 2. The van der Waals surface area contributed by atoms with E-state index >= 15 is 0 Å². The second kappa shape index (κ2) is 10.8. The summed E-state index contributed by atoms with van der Waals surface area (Å²) in [6.07, 6.45) is 0.0703. The third-order valence-corrected chi connectivity index (χ3v) is 5.78. The number of hydrogen-bond acceptors (Lipinski definition) is 6. The van der Waals surface area contributed by atoms with E-state index in [4.69, 9.17) is 9.47 Å². The first-order chi connectivity index (χ1) is 16.9. The highest BCUT2D eigenvalue weighted by Crippen LogP contribution is 2.22. The van der Waals surface area contributed by atoms with E-state index in [9.17, 15) is 19.2 Å². The van der Waals surface area contributed by atoms with Crippen LogP contribution in [-0.2, 0) is 20.9 Å². The number of esters is 2. The van der Waals surface area contributed by atoms with Crippen molar-refractivity contribution in [3.05, 3.63) is 101 Å².